The number of halogens is 2. The van der Waals surface area contributed by atoms with E-state index in [1.807, 2.05) is 19.1 Å². The van der Waals surface area contributed by atoms with Crippen molar-refractivity contribution in [3.63, 3.8) is 0 Å². The molecule has 0 spiro atoms. The third-order valence-electron chi connectivity index (χ3n) is 3.20. The Morgan fingerprint density at radius 3 is 2.30 bits per heavy atom. The Kier molecular flexibility index (Phi) is 5.38. The number of aryl methyl sites for hydroxylation is 1. The average Bonchev–Trinajstić information content (AvgIpc) is 2.94. The summed E-state index contributed by atoms with van der Waals surface area (Å²) >= 11 is 0. The fourth-order valence-corrected chi connectivity index (χ4v) is 2.77. The summed E-state index contributed by atoms with van der Waals surface area (Å²) in [6, 6.07) is 8.47. The first-order valence-corrected chi connectivity index (χ1v) is 8.33. The number of nitrogens with one attached hydrogen (secondary N) is 1. The Balaban J connectivity index is 2.18. The van der Waals surface area contributed by atoms with E-state index in [0.717, 1.165) is 17.9 Å². The number of hydrogen-bond acceptors (Lipinski definition) is 5. The molecule has 0 saturated carbocycles. The summed E-state index contributed by atoms with van der Waals surface area (Å²) in [4.78, 5) is -0.421. The van der Waals surface area contributed by atoms with Crippen molar-refractivity contribution in [2.45, 2.75) is 23.6 Å². The predicted molar refractivity (Wildman–Crippen MR) is 81.3 cm³/mol. The second kappa shape index (κ2) is 7.10. The van der Waals surface area contributed by atoms with Crippen LogP contribution in [-0.2, 0) is 14.6 Å². The number of furan rings is 1. The first-order chi connectivity index (χ1) is 10.8. The first kappa shape index (κ1) is 17.4. The normalized spacial score (nSPS) is 13.3. The van der Waals surface area contributed by atoms with Crippen LogP contribution in [0.15, 0.2) is 45.7 Å². The number of benzene rings is 1. The smallest absolute Gasteiger partial charge is 0.341 e. The third-order valence-corrected chi connectivity index (χ3v) is 4.59. The largest absolute Gasteiger partial charge is 0.464 e. The van der Waals surface area contributed by atoms with Crippen molar-refractivity contribution >= 4 is 15.5 Å². The van der Waals surface area contributed by atoms with E-state index in [4.69, 9.17) is 9.15 Å². The molecule has 2 rings (SSSR count). The number of hydrogen-bond donors (Lipinski definition) is 1. The molecule has 1 aromatic carbocycles. The zero-order chi connectivity index (χ0) is 17.0. The zero-order valence-electron chi connectivity index (χ0n) is 12.6. The Morgan fingerprint density at radius 2 is 1.83 bits per heavy atom. The van der Waals surface area contributed by atoms with Crippen molar-refractivity contribution in [1.29, 1.82) is 0 Å². The molecule has 2 aromatic rings. The number of alkyl halides is 2. The lowest BCUT2D eigenvalue weighted by atomic mass is 10.2. The van der Waals surface area contributed by atoms with Crippen LogP contribution in [0.1, 0.15) is 17.6 Å². The molecule has 23 heavy (non-hydrogen) atoms. The maximum absolute atomic E-state index is 12.5. The van der Waals surface area contributed by atoms with E-state index in [1.165, 1.54) is 12.1 Å². The van der Waals surface area contributed by atoms with Gasteiger partial charge in [0, 0.05) is 12.8 Å². The lowest BCUT2D eigenvalue weighted by molar-refractivity contribution is 0.178. The van der Waals surface area contributed by atoms with Gasteiger partial charge in [0.2, 0.25) is 9.84 Å². The predicted octanol–water partition coefficient (Wildman–Crippen LogP) is 3.38. The molecule has 1 atom stereocenters. The molecule has 0 fully saturated rings. The van der Waals surface area contributed by atoms with Crippen molar-refractivity contribution in [1.82, 2.24) is 0 Å². The number of sulfone groups is 1. The van der Waals surface area contributed by atoms with Crippen molar-refractivity contribution in [3.8, 4) is 0 Å². The summed E-state index contributed by atoms with van der Waals surface area (Å²) in [6.07, 6.45) is 0. The Labute approximate surface area is 133 Å². The van der Waals surface area contributed by atoms with Gasteiger partial charge in [0.05, 0.1) is 11.5 Å². The maximum atomic E-state index is 12.5. The van der Waals surface area contributed by atoms with E-state index in [-0.39, 0.29) is 6.04 Å². The molecule has 5 nitrogen and oxygen atoms in total. The van der Waals surface area contributed by atoms with Crippen molar-refractivity contribution in [3.05, 3.63) is 47.9 Å². The summed E-state index contributed by atoms with van der Waals surface area (Å²) in [7, 11) is -3.04. The highest BCUT2D eigenvalue weighted by Gasteiger charge is 2.26. The van der Waals surface area contributed by atoms with Gasteiger partial charge in [-0.05, 0) is 43.3 Å². The molecule has 126 valence electrons. The Bertz CT molecular complexity index is 741. The fourth-order valence-electron chi connectivity index (χ4n) is 2.05. The highest BCUT2D eigenvalue weighted by Crippen LogP contribution is 2.24. The second-order valence-corrected chi connectivity index (χ2v) is 6.85. The summed E-state index contributed by atoms with van der Waals surface area (Å²) < 4.78 is 58.4. The van der Waals surface area contributed by atoms with Crippen LogP contribution in [0.25, 0.3) is 0 Å². The van der Waals surface area contributed by atoms with Crippen LogP contribution in [0.2, 0.25) is 0 Å². The SMILES string of the molecule is COC[C@@H](Nc1ccc(S(=O)(=O)C(F)F)cc1)c1ccc(C)o1. The van der Waals surface area contributed by atoms with Gasteiger partial charge in [0.25, 0.3) is 0 Å². The summed E-state index contributed by atoms with van der Waals surface area (Å²) in [5, 5.41) is 3.12. The van der Waals surface area contributed by atoms with Crippen LogP contribution in [0.5, 0.6) is 0 Å². The quantitative estimate of drug-likeness (QED) is 0.833. The molecule has 0 bridgehead atoms. The lowest BCUT2D eigenvalue weighted by Gasteiger charge is -2.17. The zero-order valence-corrected chi connectivity index (χ0v) is 13.4. The van der Waals surface area contributed by atoms with Crippen molar-refractivity contribution in [2.24, 2.45) is 0 Å². The molecule has 8 heteroatoms. The molecule has 0 aliphatic rings. The van der Waals surface area contributed by atoms with Crippen molar-refractivity contribution < 1.29 is 26.4 Å². The second-order valence-electron chi connectivity index (χ2n) is 4.93. The van der Waals surface area contributed by atoms with Gasteiger partial charge in [-0.2, -0.15) is 8.78 Å². The molecule has 1 aromatic heterocycles. The van der Waals surface area contributed by atoms with E-state index in [1.54, 1.807) is 7.11 Å². The lowest BCUT2D eigenvalue weighted by Crippen LogP contribution is -2.16. The van der Waals surface area contributed by atoms with Gasteiger partial charge in [-0.3, -0.25) is 0 Å². The summed E-state index contributed by atoms with van der Waals surface area (Å²) in [6.45, 7) is 2.14. The molecule has 0 radical (unpaired) electrons. The van der Waals surface area contributed by atoms with Crippen LogP contribution in [0, 0.1) is 6.92 Å². The van der Waals surface area contributed by atoms with Gasteiger partial charge in [-0.25, -0.2) is 8.42 Å². The first-order valence-electron chi connectivity index (χ1n) is 6.78. The van der Waals surface area contributed by atoms with Crippen LogP contribution in [0.3, 0.4) is 0 Å². The van der Waals surface area contributed by atoms with Gasteiger partial charge >= 0.3 is 5.76 Å². The molecular weight excluding hydrogens is 328 g/mol. The van der Waals surface area contributed by atoms with Gasteiger partial charge in [-0.15, -0.1) is 0 Å². The summed E-state index contributed by atoms with van der Waals surface area (Å²) in [5.74, 6) is -2.02. The highest BCUT2D eigenvalue weighted by molar-refractivity contribution is 7.91. The molecule has 0 amide bonds. The monoisotopic (exact) mass is 345 g/mol. The highest BCUT2D eigenvalue weighted by atomic mass is 32.2. The molecule has 0 aliphatic heterocycles. The van der Waals surface area contributed by atoms with Crippen LogP contribution >= 0.6 is 0 Å². The van der Waals surface area contributed by atoms with Gasteiger partial charge in [0.15, 0.2) is 0 Å². The molecular formula is C15H17F2NO4S. The molecule has 1 heterocycles. The van der Waals surface area contributed by atoms with Gasteiger partial charge in [0.1, 0.15) is 17.6 Å². The summed E-state index contributed by atoms with van der Waals surface area (Å²) in [5.41, 5.74) is 0.564. The molecule has 1 N–H and O–H groups in total. The van der Waals surface area contributed by atoms with E-state index in [0.29, 0.717) is 18.1 Å². The molecule has 0 unspecified atom stereocenters. The van der Waals surface area contributed by atoms with E-state index < -0.39 is 20.5 Å². The van der Waals surface area contributed by atoms with Crippen LogP contribution in [0.4, 0.5) is 14.5 Å². The number of anilines is 1. The van der Waals surface area contributed by atoms with Crippen LogP contribution in [-0.4, -0.2) is 27.9 Å². The number of rotatable bonds is 7. The Morgan fingerprint density at radius 1 is 1.17 bits per heavy atom. The number of methoxy groups -OCH3 is 1. The standard InChI is InChI=1S/C15H17F2NO4S/c1-10-3-8-14(22-10)13(9-21-2)18-11-4-6-12(7-5-11)23(19,20)15(16)17/h3-8,13,15,18H,9H2,1-2H3/t13-/m1/s1. The molecule has 0 saturated heterocycles. The molecule has 0 aliphatic carbocycles. The van der Waals surface area contributed by atoms with Crippen LogP contribution < -0.4 is 5.32 Å². The maximum Gasteiger partial charge on any atom is 0.341 e. The Hall–Kier alpha value is -1.93. The van der Waals surface area contributed by atoms with E-state index in [9.17, 15) is 17.2 Å². The average molecular weight is 345 g/mol. The minimum absolute atomic E-state index is 0.286. The van der Waals surface area contributed by atoms with E-state index >= 15 is 0 Å². The van der Waals surface area contributed by atoms with Crippen molar-refractivity contribution in [2.75, 3.05) is 19.0 Å². The number of ether oxygens (including phenoxy) is 1. The van der Waals surface area contributed by atoms with Gasteiger partial charge < -0.3 is 14.5 Å². The third kappa shape index (κ3) is 4.08. The fraction of sp³-hybridized carbons (Fsp3) is 0.333. The minimum Gasteiger partial charge on any atom is -0.464 e. The minimum atomic E-state index is -4.59. The topological polar surface area (TPSA) is 68.5 Å². The van der Waals surface area contributed by atoms with Gasteiger partial charge in [-0.1, -0.05) is 0 Å². The van der Waals surface area contributed by atoms with E-state index in [2.05, 4.69) is 5.32 Å².